The van der Waals surface area contributed by atoms with E-state index >= 15 is 0 Å². The van der Waals surface area contributed by atoms with Gasteiger partial charge in [0, 0.05) is 24.7 Å². The Morgan fingerprint density at radius 1 is 1.03 bits per heavy atom. The fraction of sp³-hybridized carbons (Fsp3) is 0.231. The second-order valence-corrected chi connectivity index (χ2v) is 8.01. The number of anilines is 1. The zero-order chi connectivity index (χ0) is 23.5. The van der Waals surface area contributed by atoms with Crippen molar-refractivity contribution in [1.82, 2.24) is 0 Å². The molecule has 0 unspecified atom stereocenters. The molecule has 3 N–H and O–H groups in total. The molecule has 1 heterocycles. The standard InChI is InChI=1S/C26H23FN4O2/c1-33-25-7-4-16(13-24(25)32)20-5-6-23(31-10-8-19(30)9-11-31)21(15-29)26(20)17-2-3-18(14-28)22(27)12-17/h2-7,12-13,19,32H,8-11,30H2,1H3. The summed E-state index contributed by atoms with van der Waals surface area (Å²) in [5.41, 5.74) is 9.47. The lowest BCUT2D eigenvalue weighted by Gasteiger charge is -2.33. The first-order valence-electron chi connectivity index (χ1n) is 10.6. The number of nitriles is 2. The van der Waals surface area contributed by atoms with Gasteiger partial charge in [0.25, 0.3) is 0 Å². The quantitative estimate of drug-likeness (QED) is 0.614. The second-order valence-electron chi connectivity index (χ2n) is 8.01. The number of phenolic OH excluding ortho intramolecular Hbond substituents is 1. The van der Waals surface area contributed by atoms with Crippen molar-refractivity contribution in [3.8, 4) is 45.9 Å². The number of rotatable bonds is 4. The van der Waals surface area contributed by atoms with Crippen molar-refractivity contribution >= 4 is 5.69 Å². The Labute approximate surface area is 191 Å². The maximum absolute atomic E-state index is 14.6. The van der Waals surface area contributed by atoms with Gasteiger partial charge in [-0.05, 0) is 59.9 Å². The normalized spacial score (nSPS) is 13.9. The summed E-state index contributed by atoms with van der Waals surface area (Å²) in [7, 11) is 1.47. The molecule has 0 spiro atoms. The zero-order valence-electron chi connectivity index (χ0n) is 18.2. The molecule has 6 nitrogen and oxygen atoms in total. The van der Waals surface area contributed by atoms with Crippen LogP contribution < -0.4 is 15.4 Å². The van der Waals surface area contributed by atoms with Crippen LogP contribution in [-0.4, -0.2) is 31.3 Å². The number of methoxy groups -OCH3 is 1. The molecule has 1 fully saturated rings. The van der Waals surface area contributed by atoms with Crippen molar-refractivity contribution in [2.75, 3.05) is 25.1 Å². The molecule has 0 radical (unpaired) electrons. The monoisotopic (exact) mass is 442 g/mol. The van der Waals surface area contributed by atoms with Gasteiger partial charge in [0.15, 0.2) is 11.5 Å². The fourth-order valence-corrected chi connectivity index (χ4v) is 4.27. The molecule has 7 heteroatoms. The minimum absolute atomic E-state index is 0.0421. The third-order valence-corrected chi connectivity index (χ3v) is 6.04. The number of ether oxygens (including phenoxy) is 1. The van der Waals surface area contributed by atoms with Crippen LogP contribution in [0.3, 0.4) is 0 Å². The summed E-state index contributed by atoms with van der Waals surface area (Å²) in [5.74, 6) is -0.372. The van der Waals surface area contributed by atoms with Gasteiger partial charge in [-0.25, -0.2) is 4.39 Å². The van der Waals surface area contributed by atoms with Crippen molar-refractivity contribution < 1.29 is 14.2 Å². The summed E-state index contributed by atoms with van der Waals surface area (Å²) in [4.78, 5) is 2.13. The number of halogens is 1. The molecule has 0 amide bonds. The number of piperidine rings is 1. The van der Waals surface area contributed by atoms with E-state index in [4.69, 9.17) is 15.7 Å². The van der Waals surface area contributed by atoms with Crippen LogP contribution in [-0.2, 0) is 0 Å². The number of phenols is 1. The minimum atomic E-state index is -0.656. The summed E-state index contributed by atoms with van der Waals surface area (Å²) >= 11 is 0. The molecule has 0 bridgehead atoms. The van der Waals surface area contributed by atoms with Gasteiger partial charge in [0.2, 0.25) is 0 Å². The van der Waals surface area contributed by atoms with Crippen LogP contribution in [0.4, 0.5) is 10.1 Å². The van der Waals surface area contributed by atoms with Crippen molar-refractivity contribution in [2.24, 2.45) is 5.73 Å². The predicted molar refractivity (Wildman–Crippen MR) is 124 cm³/mol. The maximum Gasteiger partial charge on any atom is 0.160 e. The van der Waals surface area contributed by atoms with Gasteiger partial charge in [-0.1, -0.05) is 18.2 Å². The predicted octanol–water partition coefficient (Wildman–Crippen LogP) is 4.54. The highest BCUT2D eigenvalue weighted by Gasteiger charge is 2.24. The van der Waals surface area contributed by atoms with Gasteiger partial charge >= 0.3 is 0 Å². The van der Waals surface area contributed by atoms with E-state index in [0.29, 0.717) is 33.6 Å². The van der Waals surface area contributed by atoms with E-state index in [1.54, 1.807) is 24.3 Å². The molecule has 4 rings (SSSR count). The maximum atomic E-state index is 14.6. The van der Waals surface area contributed by atoms with E-state index in [-0.39, 0.29) is 17.4 Å². The molecule has 0 aromatic heterocycles. The molecule has 1 saturated heterocycles. The van der Waals surface area contributed by atoms with Crippen LogP contribution >= 0.6 is 0 Å². The lowest BCUT2D eigenvalue weighted by Crippen LogP contribution is -2.40. The zero-order valence-corrected chi connectivity index (χ0v) is 18.2. The first kappa shape index (κ1) is 22.1. The Kier molecular flexibility index (Phi) is 6.17. The Balaban J connectivity index is 1.95. The van der Waals surface area contributed by atoms with E-state index in [1.807, 2.05) is 18.2 Å². The lowest BCUT2D eigenvalue weighted by atomic mass is 9.88. The number of hydrogen-bond acceptors (Lipinski definition) is 6. The molecule has 1 aliphatic heterocycles. The first-order chi connectivity index (χ1) is 16.0. The third-order valence-electron chi connectivity index (χ3n) is 6.04. The summed E-state index contributed by atoms with van der Waals surface area (Å²) < 4.78 is 19.7. The summed E-state index contributed by atoms with van der Waals surface area (Å²) in [6.07, 6.45) is 1.64. The summed E-state index contributed by atoms with van der Waals surface area (Å²) in [6, 6.07) is 17.3. The first-order valence-corrected chi connectivity index (χ1v) is 10.6. The molecule has 1 aliphatic rings. The van der Waals surface area contributed by atoms with E-state index in [1.165, 1.54) is 19.2 Å². The summed E-state index contributed by atoms with van der Waals surface area (Å²) in [5, 5.41) is 29.7. The smallest absolute Gasteiger partial charge is 0.160 e. The molecule has 0 atom stereocenters. The van der Waals surface area contributed by atoms with Gasteiger partial charge in [0.05, 0.1) is 23.9 Å². The molecule has 166 valence electrons. The van der Waals surface area contributed by atoms with Gasteiger partial charge in [-0.15, -0.1) is 0 Å². The van der Waals surface area contributed by atoms with Gasteiger partial charge < -0.3 is 20.5 Å². The van der Waals surface area contributed by atoms with Crippen LogP contribution in [0, 0.1) is 28.5 Å². The molecule has 0 saturated carbocycles. The Bertz CT molecular complexity index is 1280. The fourth-order valence-electron chi connectivity index (χ4n) is 4.27. The van der Waals surface area contributed by atoms with Crippen molar-refractivity contribution in [1.29, 1.82) is 10.5 Å². The van der Waals surface area contributed by atoms with Crippen LogP contribution in [0.2, 0.25) is 0 Å². The third kappa shape index (κ3) is 4.19. The number of benzene rings is 3. The highest BCUT2D eigenvalue weighted by molar-refractivity contribution is 5.92. The topological polar surface area (TPSA) is 106 Å². The Morgan fingerprint density at radius 2 is 1.76 bits per heavy atom. The van der Waals surface area contributed by atoms with E-state index < -0.39 is 5.82 Å². The molecule has 33 heavy (non-hydrogen) atoms. The highest BCUT2D eigenvalue weighted by Crippen LogP contribution is 2.42. The Morgan fingerprint density at radius 3 is 2.36 bits per heavy atom. The Hall–Kier alpha value is -4.07. The average Bonchev–Trinajstić information content (AvgIpc) is 2.83. The van der Waals surface area contributed by atoms with Gasteiger partial charge in [-0.2, -0.15) is 10.5 Å². The SMILES string of the molecule is COc1ccc(-c2ccc(N3CCC(N)CC3)c(C#N)c2-c2ccc(C#N)c(F)c2)cc1O. The number of nitrogens with two attached hydrogens (primary N) is 1. The van der Waals surface area contributed by atoms with Crippen LogP contribution in [0.5, 0.6) is 11.5 Å². The number of hydrogen-bond donors (Lipinski definition) is 2. The van der Waals surface area contributed by atoms with Crippen molar-refractivity contribution in [3.63, 3.8) is 0 Å². The molecular weight excluding hydrogens is 419 g/mol. The lowest BCUT2D eigenvalue weighted by molar-refractivity contribution is 0.373. The van der Waals surface area contributed by atoms with Gasteiger partial charge in [-0.3, -0.25) is 0 Å². The molecule has 3 aromatic rings. The van der Waals surface area contributed by atoms with E-state index in [0.717, 1.165) is 31.6 Å². The number of aromatic hydroxyl groups is 1. The van der Waals surface area contributed by atoms with Gasteiger partial charge in [0.1, 0.15) is 18.0 Å². The van der Waals surface area contributed by atoms with Crippen molar-refractivity contribution in [2.45, 2.75) is 18.9 Å². The largest absolute Gasteiger partial charge is 0.504 e. The van der Waals surface area contributed by atoms with Crippen molar-refractivity contribution in [3.05, 3.63) is 65.5 Å². The number of nitrogens with zero attached hydrogens (tertiary/aromatic N) is 3. The van der Waals surface area contributed by atoms with E-state index in [9.17, 15) is 14.8 Å². The van der Waals surface area contributed by atoms with E-state index in [2.05, 4.69) is 11.0 Å². The van der Waals surface area contributed by atoms with Crippen LogP contribution in [0.1, 0.15) is 24.0 Å². The van der Waals surface area contributed by atoms with Crippen LogP contribution in [0.25, 0.3) is 22.3 Å². The average molecular weight is 442 g/mol. The minimum Gasteiger partial charge on any atom is -0.504 e. The summed E-state index contributed by atoms with van der Waals surface area (Å²) in [6.45, 7) is 1.44. The highest BCUT2D eigenvalue weighted by atomic mass is 19.1. The molecule has 0 aliphatic carbocycles. The second kappa shape index (κ2) is 9.20. The molecule has 3 aromatic carbocycles. The van der Waals surface area contributed by atoms with Crippen LogP contribution in [0.15, 0.2) is 48.5 Å². The molecular formula is C26H23FN4O2.